The van der Waals surface area contributed by atoms with Gasteiger partial charge in [-0.05, 0) is 18.2 Å². The number of nitrogens with two attached hydrogens (primary N) is 1. The maximum atomic E-state index is 13.0. The smallest absolute Gasteiger partial charge is 0.325 e. The molecule has 0 fully saturated rings. The van der Waals surface area contributed by atoms with Gasteiger partial charge in [-0.3, -0.25) is 0 Å². The van der Waals surface area contributed by atoms with Crippen molar-refractivity contribution in [1.29, 1.82) is 0 Å². The summed E-state index contributed by atoms with van der Waals surface area (Å²) in [7, 11) is -4.66. The summed E-state index contributed by atoms with van der Waals surface area (Å²) < 4.78 is 101. The van der Waals surface area contributed by atoms with Crippen molar-refractivity contribution in [3.8, 4) is 0 Å². The van der Waals surface area contributed by atoms with E-state index in [-0.39, 0.29) is 6.07 Å². The average Bonchev–Trinajstić information content (AvgIpc) is 2.35. The van der Waals surface area contributed by atoms with Gasteiger partial charge in [0, 0.05) is 0 Å². The molecule has 0 heterocycles. The molecule has 1 rings (SSSR count). The van der Waals surface area contributed by atoms with Crippen molar-refractivity contribution < 1.29 is 34.8 Å². The predicted molar refractivity (Wildman–Crippen MR) is 60.6 cm³/mol. The number of alkyl halides is 5. The van der Waals surface area contributed by atoms with Crippen molar-refractivity contribution >= 4 is 10.0 Å². The van der Waals surface area contributed by atoms with E-state index in [1.807, 2.05) is 0 Å². The van der Waals surface area contributed by atoms with Crippen LogP contribution in [0.2, 0.25) is 0 Å². The Hall–Kier alpha value is -1.33. The van der Waals surface area contributed by atoms with Gasteiger partial charge in [0.2, 0.25) is 10.0 Å². The van der Waals surface area contributed by atoms with E-state index in [0.29, 0.717) is 12.1 Å². The average molecular weight is 336 g/mol. The van der Waals surface area contributed by atoms with Crippen LogP contribution in [-0.2, 0) is 16.2 Å². The first-order valence-electron chi connectivity index (χ1n) is 5.33. The number of rotatable bonds is 5. The van der Waals surface area contributed by atoms with Gasteiger partial charge in [-0.2, -0.15) is 13.2 Å². The highest BCUT2D eigenvalue weighted by molar-refractivity contribution is 7.89. The van der Waals surface area contributed by atoms with Crippen LogP contribution in [0.25, 0.3) is 0 Å². The highest BCUT2D eigenvalue weighted by atomic mass is 32.2. The zero-order chi connectivity index (χ0) is 16.5. The summed E-state index contributed by atoms with van der Waals surface area (Å²) in [5.74, 6) is -5.23. The second-order valence-corrected chi connectivity index (χ2v) is 5.79. The number of nitrogens with one attached hydrogen (secondary N) is 1. The molecule has 0 saturated heterocycles. The molecule has 21 heavy (non-hydrogen) atoms. The zero-order valence-corrected chi connectivity index (χ0v) is 11.0. The molecular formula is C10H10F6N2O2S. The predicted octanol–water partition coefficient (Wildman–Crippen LogP) is 1.72. The fourth-order valence-electron chi connectivity index (χ4n) is 1.24. The van der Waals surface area contributed by atoms with Gasteiger partial charge in [-0.15, -0.1) is 0 Å². The summed E-state index contributed by atoms with van der Waals surface area (Å²) in [4.78, 5) is -0.982. The third-order valence-electron chi connectivity index (χ3n) is 2.37. The molecule has 11 heteroatoms. The Labute approximate surface area is 116 Å². The Morgan fingerprint density at radius 3 is 2.19 bits per heavy atom. The van der Waals surface area contributed by atoms with Gasteiger partial charge in [0.15, 0.2) is 0 Å². The first-order chi connectivity index (χ1) is 9.39. The van der Waals surface area contributed by atoms with E-state index in [2.05, 4.69) is 0 Å². The summed E-state index contributed by atoms with van der Waals surface area (Å²) in [6.45, 7) is -2.53. The fourth-order valence-corrected chi connectivity index (χ4v) is 2.33. The van der Waals surface area contributed by atoms with Crippen molar-refractivity contribution in [1.82, 2.24) is 4.72 Å². The monoisotopic (exact) mass is 336 g/mol. The van der Waals surface area contributed by atoms with Crippen LogP contribution >= 0.6 is 0 Å². The largest absolute Gasteiger partial charge is 0.419 e. The van der Waals surface area contributed by atoms with Gasteiger partial charge >= 0.3 is 6.18 Å². The Balaban J connectivity index is 3.10. The standard InChI is InChI=1S/C10H10F6N2O2S/c11-8-2-1-6(3-7(8)10(14,15)16)21(19,20)18-5-9(12,13)4-17/h1-3,18H,4-5,17H2. The second-order valence-electron chi connectivity index (χ2n) is 4.02. The third-order valence-corrected chi connectivity index (χ3v) is 3.77. The Morgan fingerprint density at radius 1 is 1.14 bits per heavy atom. The van der Waals surface area contributed by atoms with Gasteiger partial charge in [0.1, 0.15) is 5.82 Å². The molecule has 4 nitrogen and oxygen atoms in total. The molecule has 1 aromatic rings. The van der Waals surface area contributed by atoms with Crippen LogP contribution in [-0.4, -0.2) is 27.4 Å². The van der Waals surface area contributed by atoms with Crippen LogP contribution < -0.4 is 10.5 Å². The van der Waals surface area contributed by atoms with E-state index >= 15 is 0 Å². The Bertz CT molecular complexity index is 614. The van der Waals surface area contributed by atoms with E-state index < -0.39 is 51.5 Å². The topological polar surface area (TPSA) is 72.2 Å². The molecule has 1 aromatic carbocycles. The lowest BCUT2D eigenvalue weighted by molar-refractivity contribution is -0.140. The lowest BCUT2D eigenvalue weighted by Crippen LogP contribution is -2.41. The normalized spacial score (nSPS) is 13.5. The van der Waals surface area contributed by atoms with E-state index in [0.717, 1.165) is 0 Å². The van der Waals surface area contributed by atoms with Crippen molar-refractivity contribution in [3.63, 3.8) is 0 Å². The molecule has 0 amide bonds. The van der Waals surface area contributed by atoms with E-state index in [9.17, 15) is 34.8 Å². The lowest BCUT2D eigenvalue weighted by atomic mass is 10.2. The van der Waals surface area contributed by atoms with Crippen molar-refractivity contribution in [2.45, 2.75) is 17.0 Å². The number of hydrogen-bond donors (Lipinski definition) is 2. The molecule has 0 bridgehead atoms. The van der Waals surface area contributed by atoms with Crippen LogP contribution in [0.4, 0.5) is 26.3 Å². The number of halogens is 6. The molecule has 0 aliphatic carbocycles. The minimum Gasteiger partial charge on any atom is -0.325 e. The van der Waals surface area contributed by atoms with E-state index in [1.54, 1.807) is 0 Å². The number of sulfonamides is 1. The van der Waals surface area contributed by atoms with Crippen LogP contribution in [0.3, 0.4) is 0 Å². The van der Waals surface area contributed by atoms with Crippen molar-refractivity contribution in [3.05, 3.63) is 29.6 Å². The molecule has 0 unspecified atom stereocenters. The molecule has 120 valence electrons. The van der Waals surface area contributed by atoms with Gasteiger partial charge in [0.05, 0.1) is 23.5 Å². The van der Waals surface area contributed by atoms with E-state index in [4.69, 9.17) is 5.73 Å². The van der Waals surface area contributed by atoms with Gasteiger partial charge in [-0.1, -0.05) is 0 Å². The molecule has 0 saturated carbocycles. The molecule has 0 spiro atoms. The zero-order valence-electron chi connectivity index (χ0n) is 10.2. The molecule has 0 atom stereocenters. The van der Waals surface area contributed by atoms with Crippen LogP contribution in [0.1, 0.15) is 5.56 Å². The maximum absolute atomic E-state index is 13.0. The van der Waals surface area contributed by atoms with Gasteiger partial charge in [0.25, 0.3) is 5.92 Å². The quantitative estimate of drug-likeness (QED) is 0.804. The summed E-state index contributed by atoms with van der Waals surface area (Å²) in [5.41, 5.74) is 2.88. The molecule has 0 radical (unpaired) electrons. The molecule has 0 aromatic heterocycles. The van der Waals surface area contributed by atoms with Gasteiger partial charge in [-0.25, -0.2) is 26.3 Å². The highest BCUT2D eigenvalue weighted by Crippen LogP contribution is 2.32. The summed E-state index contributed by atoms with van der Waals surface area (Å²) in [6, 6.07) is 0.851. The number of hydrogen-bond acceptors (Lipinski definition) is 3. The Kier molecular flexibility index (Phi) is 4.90. The minimum atomic E-state index is -5.11. The summed E-state index contributed by atoms with van der Waals surface area (Å²) >= 11 is 0. The minimum absolute atomic E-state index is 0.0260. The Morgan fingerprint density at radius 2 is 1.71 bits per heavy atom. The SMILES string of the molecule is NCC(F)(F)CNS(=O)(=O)c1ccc(F)c(C(F)(F)F)c1. The second kappa shape index (κ2) is 5.81. The highest BCUT2D eigenvalue weighted by Gasteiger charge is 2.36. The first-order valence-corrected chi connectivity index (χ1v) is 6.82. The molecule has 0 aliphatic rings. The summed E-state index contributed by atoms with van der Waals surface area (Å²) in [6.07, 6.45) is -5.11. The van der Waals surface area contributed by atoms with Crippen molar-refractivity contribution in [2.24, 2.45) is 5.73 Å². The van der Waals surface area contributed by atoms with Crippen molar-refractivity contribution in [2.75, 3.05) is 13.1 Å². The number of benzene rings is 1. The van der Waals surface area contributed by atoms with Crippen LogP contribution in [0.5, 0.6) is 0 Å². The maximum Gasteiger partial charge on any atom is 0.419 e. The third kappa shape index (κ3) is 4.58. The lowest BCUT2D eigenvalue weighted by Gasteiger charge is -2.15. The molecule has 0 aliphatic heterocycles. The van der Waals surface area contributed by atoms with E-state index in [1.165, 1.54) is 4.72 Å². The van der Waals surface area contributed by atoms with Crippen LogP contribution in [0.15, 0.2) is 23.1 Å². The van der Waals surface area contributed by atoms with Gasteiger partial charge < -0.3 is 5.73 Å². The van der Waals surface area contributed by atoms with Crippen LogP contribution in [0, 0.1) is 5.82 Å². The summed E-state index contributed by atoms with van der Waals surface area (Å²) in [5, 5.41) is 0. The first kappa shape index (κ1) is 17.7. The molecular weight excluding hydrogens is 326 g/mol. The fraction of sp³-hybridized carbons (Fsp3) is 0.400. The molecule has 3 N–H and O–H groups in total.